The first kappa shape index (κ1) is 141. The summed E-state index contributed by atoms with van der Waals surface area (Å²) in [5.74, 6) is 10.3. The number of hydrogen-bond acceptors (Lipinski definition) is 0. The molecule has 0 saturated heterocycles. The van der Waals surface area contributed by atoms with Gasteiger partial charge >= 0.3 is 86.9 Å². The van der Waals surface area contributed by atoms with Crippen LogP contribution in [0.3, 0.4) is 0 Å². The number of allylic oxidation sites excluding steroid dienone is 32. The normalized spacial score (nSPS) is 26.8. The number of hydrogen-bond donors (Lipinski definition) is 0. The van der Waals surface area contributed by atoms with E-state index in [-0.39, 0.29) is 163 Å². The van der Waals surface area contributed by atoms with Gasteiger partial charge in [0.15, 0.2) is 0 Å². The van der Waals surface area contributed by atoms with E-state index in [1.165, 1.54) is 87.3 Å². The van der Waals surface area contributed by atoms with Crippen LogP contribution in [-0.2, 0) is 103 Å². The second kappa shape index (κ2) is 64.5. The Bertz CT molecular complexity index is 4360. The van der Waals surface area contributed by atoms with Gasteiger partial charge in [0, 0.05) is 0 Å². The maximum atomic E-state index is 5.78. The Hall–Kier alpha value is -4.32. The maximum absolute atomic E-state index is 5.78. The van der Waals surface area contributed by atoms with Crippen LogP contribution in [0, 0.1) is 181 Å². The van der Waals surface area contributed by atoms with E-state index in [9.17, 15) is 0 Å². The Morgan fingerprint density at radius 1 is 0.217 bits per heavy atom. The first-order valence-electron chi connectivity index (χ1n) is 50.5. The predicted octanol–water partition coefficient (Wildman–Crippen LogP) is 38.9. The third-order valence-electron chi connectivity index (χ3n) is 29.6. The largest absolute Gasteiger partial charge is 4.00 e. The summed E-state index contributed by atoms with van der Waals surface area (Å²) in [4.78, 5) is 22.6. The van der Waals surface area contributed by atoms with Crippen LogP contribution >= 0.6 is 0 Å². The molecule has 13 aliphatic carbocycles. The molecule has 16 unspecified atom stereocenters. The summed E-state index contributed by atoms with van der Waals surface area (Å²) in [5.41, 5.74) is 8.44. The molecule has 5 saturated carbocycles. The van der Waals surface area contributed by atoms with Crippen molar-refractivity contribution in [3.05, 3.63) is 480 Å². The topological polar surface area (TPSA) is 56.4 Å². The van der Waals surface area contributed by atoms with Crippen molar-refractivity contribution in [1.82, 2.24) is 0 Å². The molecule has 0 radical (unpaired) electrons. The SMILES string of the molecule is CC(C)([N-][Si](C)(C)C1C2C=CC=CC2C2C=CC=CC21)c1ccccc1.CC(C)([N-][Si](C)(C)C1C2C=CC=CC2C2C=CC=CC21)c1ccccc1.CC(C)([N-][Si](C)(C)C1C2C=CC=CC2C2C=CC=CC21)c1ccccc1.C[Si](C)([N-]C1CCCCCCCCCCC1)C1C2C=CC=CC2C2C=CC=CC21.[CH2-][Si](C)(C)C.[CH2-][Si](C)(C)C.[CH2-]c1ccccc1.[CH2-]c1ccccc1.[CH3-].[CH3-].[CH3-].[CH3-].[CH3-].[CH3-].[CH3-].[CH3-].[Ti+4].[Ti+4].[Ti+4].[Ti+4]. The second-order valence-electron chi connectivity index (χ2n) is 45.9. The van der Waals surface area contributed by atoms with Crippen molar-refractivity contribution in [3.8, 4) is 0 Å². The van der Waals surface area contributed by atoms with E-state index in [0.717, 1.165) is 16.7 Å². The molecule has 5 fully saturated rings. The Morgan fingerprint density at radius 2 is 0.357 bits per heavy atom. The van der Waals surface area contributed by atoms with E-state index in [4.69, 9.17) is 19.9 Å². The molecule has 5 aromatic carbocycles. The van der Waals surface area contributed by atoms with E-state index >= 15 is 0 Å². The summed E-state index contributed by atoms with van der Waals surface area (Å²) in [6.45, 7) is 62.4. The Balaban J connectivity index is 0. The van der Waals surface area contributed by atoms with Crippen LogP contribution in [0.4, 0.5) is 0 Å². The molecule has 768 valence electrons. The van der Waals surface area contributed by atoms with Crippen molar-refractivity contribution < 1.29 is 86.9 Å². The van der Waals surface area contributed by atoms with Gasteiger partial charge in [-0.15, -0.1) is 63.1 Å². The molecule has 13 aliphatic rings. The molecular weight excluding hydrogens is 1970 g/mol. The van der Waals surface area contributed by atoms with Gasteiger partial charge in [-0.25, -0.2) is 0 Å². The first-order chi connectivity index (χ1) is 62.2. The maximum Gasteiger partial charge on any atom is 4.00 e. The van der Waals surface area contributed by atoms with Crippen molar-refractivity contribution in [2.45, 2.75) is 249 Å². The van der Waals surface area contributed by atoms with Gasteiger partial charge in [-0.05, 0) is 94.7 Å². The van der Waals surface area contributed by atoms with Crippen molar-refractivity contribution >= 4 is 49.1 Å². The minimum atomic E-state index is -1.85. The third kappa shape index (κ3) is 40.3. The van der Waals surface area contributed by atoms with Gasteiger partial charge in [-0.2, -0.15) is 49.2 Å². The zero-order valence-electron chi connectivity index (χ0n) is 94.4. The van der Waals surface area contributed by atoms with Crippen molar-refractivity contribution in [2.75, 3.05) is 0 Å². The molecule has 5 aromatic rings. The van der Waals surface area contributed by atoms with Gasteiger partial charge in [0.25, 0.3) is 0 Å². The van der Waals surface area contributed by atoms with Crippen molar-refractivity contribution in [1.29, 1.82) is 0 Å². The van der Waals surface area contributed by atoms with E-state index in [2.05, 4.69) is 446 Å². The van der Waals surface area contributed by atoms with E-state index in [1.807, 2.05) is 60.7 Å². The molecule has 0 heterocycles. The summed E-state index contributed by atoms with van der Waals surface area (Å²) in [6, 6.07) is 52.8. The smallest absolute Gasteiger partial charge is 0.662 e. The number of rotatable bonds is 15. The number of fused-ring (bicyclic) bond motifs is 12. The van der Waals surface area contributed by atoms with Gasteiger partial charge in [0.1, 0.15) is 0 Å². The summed E-state index contributed by atoms with van der Waals surface area (Å²) in [5, 5.41) is 0. The Labute approximate surface area is 950 Å². The van der Waals surface area contributed by atoms with Gasteiger partial charge in [-0.3, -0.25) is 0 Å². The Morgan fingerprint density at radius 3 is 0.510 bits per heavy atom. The average Bonchev–Trinajstić information content (AvgIpc) is 1.60. The molecule has 16 atom stereocenters. The molecule has 18 rings (SSSR count). The zero-order chi connectivity index (χ0) is 94.4. The van der Waals surface area contributed by atoms with E-state index in [0.29, 0.717) is 117 Å². The fraction of sp³-hybridized carbons (Fsp3) is 0.426. The van der Waals surface area contributed by atoms with Crippen LogP contribution in [-0.4, -0.2) is 55.1 Å². The standard InChI is InChI=1S/C27H42NSi.3C24H30NSi.2C7H7.2C4H11Si.8CH3.4Ti/c1-29(2,28-22-16-10-8-6-4-3-5-7-9-11-17-22)27-25-20-14-12-18-23(25)24-19-13-15-21-26(24)27;3*1-24(2,18-12-6-5-7-13-18)25-26(3,4)23-21-16-10-8-14-19(21)20-15-9-11-17-22(20)23;2*1-7-5-3-2-4-6-7;2*1-5(2,3)4;;;;;;;;;;;;/h12-15,18-27H,3-11,16-17H2,1-2H3;3*5-17,19-23H,1-4H3;2*2-6H,1H2;2*1H2,2-4H3;8*1H3;;;;/q16*-1;4*+4. The summed E-state index contributed by atoms with van der Waals surface area (Å²) >= 11 is 0. The van der Waals surface area contributed by atoms with Gasteiger partial charge in [0.2, 0.25) is 0 Å². The van der Waals surface area contributed by atoms with Crippen LogP contribution < -0.4 is 0 Å². The fourth-order valence-electron chi connectivity index (χ4n) is 24.8. The molecule has 0 N–H and O–H groups in total. The monoisotopic (exact) mass is 2160 g/mol. The molecular formula is C129H192N4Si6Ti4. The molecule has 0 aromatic heterocycles. The van der Waals surface area contributed by atoms with Crippen LogP contribution in [0.5, 0.6) is 0 Å². The van der Waals surface area contributed by atoms with Gasteiger partial charge < -0.3 is 92.4 Å². The van der Waals surface area contributed by atoms with Crippen molar-refractivity contribution in [3.63, 3.8) is 0 Å². The molecule has 14 heteroatoms. The molecule has 4 nitrogen and oxygen atoms in total. The van der Waals surface area contributed by atoms with Crippen LogP contribution in [0.2, 0.25) is 114 Å². The average molecular weight is 2160 g/mol. The van der Waals surface area contributed by atoms with Crippen LogP contribution in [0.15, 0.2) is 346 Å². The predicted molar refractivity (Wildman–Crippen MR) is 644 cm³/mol. The van der Waals surface area contributed by atoms with Crippen LogP contribution in [0.1, 0.15) is 140 Å². The zero-order valence-corrected chi connectivity index (χ0v) is 107. The molecule has 0 amide bonds. The fourth-order valence-corrected chi connectivity index (χ4v) is 41.5. The summed E-state index contributed by atoms with van der Waals surface area (Å²) in [7, 11) is -8.98. The first-order valence-corrected chi connectivity index (χ1v) is 70.0. The van der Waals surface area contributed by atoms with Gasteiger partial charge in [-0.1, -0.05) is 573 Å². The summed E-state index contributed by atoms with van der Waals surface area (Å²) in [6.07, 6.45) is 91.3. The molecule has 143 heavy (non-hydrogen) atoms. The second-order valence-corrected chi connectivity index (χ2v) is 72.9. The molecule has 0 bridgehead atoms. The Kier molecular flexibility index (Phi) is 63.5. The van der Waals surface area contributed by atoms with E-state index < -0.39 is 49.1 Å². The van der Waals surface area contributed by atoms with Crippen LogP contribution in [0.25, 0.3) is 19.9 Å². The number of nitrogens with zero attached hydrogens (tertiary/aromatic N) is 4. The van der Waals surface area contributed by atoms with Crippen molar-refractivity contribution in [2.24, 2.45) is 94.7 Å². The number of benzene rings is 5. The molecule has 0 spiro atoms. The molecule has 0 aliphatic heterocycles. The van der Waals surface area contributed by atoms with E-state index in [1.54, 1.807) is 0 Å². The van der Waals surface area contributed by atoms with Gasteiger partial charge in [0.05, 0.1) is 0 Å². The minimum Gasteiger partial charge on any atom is -0.662 e. The quantitative estimate of drug-likeness (QED) is 0.0741. The minimum absolute atomic E-state index is 0. The summed E-state index contributed by atoms with van der Waals surface area (Å²) < 4.78 is 0. The third-order valence-corrected chi connectivity index (χ3v) is 43.6.